The predicted molar refractivity (Wildman–Crippen MR) is 118 cm³/mol. The maximum atomic E-state index is 11.8. The van der Waals surface area contributed by atoms with Crippen molar-refractivity contribution in [2.45, 2.75) is 27.2 Å². The summed E-state index contributed by atoms with van der Waals surface area (Å²) in [5.41, 5.74) is 5.76. The van der Waals surface area contributed by atoms with Gasteiger partial charge in [0.1, 0.15) is 11.5 Å². The van der Waals surface area contributed by atoms with Gasteiger partial charge in [0, 0.05) is 12.5 Å². The number of carbonyl (C=O) groups is 2. The standard InChI is InChI=1S/C26H24O4/c1-5-19-16-24(30-26(28)17(2)3)14-15-25(19)22-8-6-20(7-9-22)21-10-12-23(13-11-21)29-18(4)27/h6-16H,2,5H2,1,3-4H3. The summed E-state index contributed by atoms with van der Waals surface area (Å²) in [5.74, 6) is 0.295. The van der Waals surface area contributed by atoms with Crippen LogP contribution in [-0.2, 0) is 16.0 Å². The molecule has 0 atom stereocenters. The van der Waals surface area contributed by atoms with Crippen molar-refractivity contribution >= 4 is 11.9 Å². The Kier molecular flexibility index (Phi) is 6.48. The highest BCUT2D eigenvalue weighted by atomic mass is 16.5. The minimum atomic E-state index is -0.422. The minimum Gasteiger partial charge on any atom is -0.427 e. The Morgan fingerprint density at radius 3 is 1.83 bits per heavy atom. The summed E-state index contributed by atoms with van der Waals surface area (Å²) in [4.78, 5) is 22.8. The molecule has 0 aromatic heterocycles. The van der Waals surface area contributed by atoms with Crippen LogP contribution in [-0.4, -0.2) is 11.9 Å². The summed E-state index contributed by atoms with van der Waals surface area (Å²) in [5, 5.41) is 0. The summed E-state index contributed by atoms with van der Waals surface area (Å²) in [7, 11) is 0. The summed E-state index contributed by atoms with van der Waals surface area (Å²) in [6.45, 7) is 8.70. The van der Waals surface area contributed by atoms with Gasteiger partial charge < -0.3 is 9.47 Å². The van der Waals surface area contributed by atoms with Crippen LogP contribution in [0, 0.1) is 0 Å². The minimum absolute atomic E-state index is 0.334. The van der Waals surface area contributed by atoms with Gasteiger partial charge in [0.15, 0.2) is 0 Å². The molecule has 0 amide bonds. The van der Waals surface area contributed by atoms with E-state index in [9.17, 15) is 9.59 Å². The third kappa shape index (κ3) is 5.03. The number of ether oxygens (including phenoxy) is 2. The molecule has 0 saturated heterocycles. The fraction of sp³-hybridized carbons (Fsp3) is 0.154. The lowest BCUT2D eigenvalue weighted by atomic mass is 9.95. The molecule has 152 valence electrons. The second kappa shape index (κ2) is 9.23. The van der Waals surface area contributed by atoms with Crippen molar-refractivity contribution in [2.24, 2.45) is 0 Å². The molecule has 0 heterocycles. The molecule has 0 unspecified atom stereocenters. The number of esters is 2. The van der Waals surface area contributed by atoms with E-state index in [1.165, 1.54) is 6.92 Å². The molecule has 3 aromatic carbocycles. The summed E-state index contributed by atoms with van der Waals surface area (Å²) >= 11 is 0. The number of aryl methyl sites for hydroxylation is 1. The van der Waals surface area contributed by atoms with Crippen molar-refractivity contribution in [1.29, 1.82) is 0 Å². The van der Waals surface area contributed by atoms with Gasteiger partial charge in [-0.25, -0.2) is 4.79 Å². The van der Waals surface area contributed by atoms with E-state index in [2.05, 4.69) is 37.8 Å². The summed E-state index contributed by atoms with van der Waals surface area (Å²) in [6.07, 6.45) is 0.813. The molecular weight excluding hydrogens is 376 g/mol. The monoisotopic (exact) mass is 400 g/mol. The van der Waals surface area contributed by atoms with Crippen molar-refractivity contribution in [1.82, 2.24) is 0 Å². The van der Waals surface area contributed by atoms with E-state index < -0.39 is 5.97 Å². The average molecular weight is 400 g/mol. The maximum absolute atomic E-state index is 11.8. The smallest absolute Gasteiger partial charge is 0.338 e. The van der Waals surface area contributed by atoms with Gasteiger partial charge in [-0.3, -0.25) is 4.79 Å². The molecule has 0 radical (unpaired) electrons. The highest BCUT2D eigenvalue weighted by molar-refractivity contribution is 5.89. The van der Waals surface area contributed by atoms with Gasteiger partial charge in [-0.05, 0) is 65.4 Å². The van der Waals surface area contributed by atoms with Crippen LogP contribution in [0.15, 0.2) is 78.9 Å². The van der Waals surface area contributed by atoms with Crippen molar-refractivity contribution in [3.63, 3.8) is 0 Å². The predicted octanol–water partition coefficient (Wildman–Crippen LogP) is 5.99. The first-order valence-electron chi connectivity index (χ1n) is 9.77. The number of rotatable bonds is 6. The first kappa shape index (κ1) is 21.1. The van der Waals surface area contributed by atoms with E-state index in [0.717, 1.165) is 34.2 Å². The maximum Gasteiger partial charge on any atom is 0.338 e. The fourth-order valence-electron chi connectivity index (χ4n) is 3.13. The molecule has 0 aliphatic carbocycles. The van der Waals surface area contributed by atoms with Crippen LogP contribution >= 0.6 is 0 Å². The molecule has 3 aromatic rings. The van der Waals surface area contributed by atoms with Crippen molar-refractivity contribution in [3.05, 3.63) is 84.4 Å². The lowest BCUT2D eigenvalue weighted by molar-refractivity contribution is -0.132. The molecule has 0 fully saturated rings. The van der Waals surface area contributed by atoms with E-state index in [1.54, 1.807) is 25.1 Å². The van der Waals surface area contributed by atoms with Gasteiger partial charge in [0.2, 0.25) is 0 Å². The number of hydrogen-bond donors (Lipinski definition) is 0. The van der Waals surface area contributed by atoms with Crippen LogP contribution in [0.2, 0.25) is 0 Å². The van der Waals surface area contributed by atoms with Crippen LogP contribution in [0.5, 0.6) is 11.5 Å². The summed E-state index contributed by atoms with van der Waals surface area (Å²) < 4.78 is 10.4. The van der Waals surface area contributed by atoms with E-state index in [4.69, 9.17) is 9.47 Å². The van der Waals surface area contributed by atoms with Crippen LogP contribution < -0.4 is 9.47 Å². The number of hydrogen-bond acceptors (Lipinski definition) is 4. The average Bonchev–Trinajstić information content (AvgIpc) is 2.74. The zero-order chi connectivity index (χ0) is 21.7. The van der Waals surface area contributed by atoms with Crippen LogP contribution in [0.1, 0.15) is 26.3 Å². The Labute approximate surface area is 176 Å². The van der Waals surface area contributed by atoms with Crippen molar-refractivity contribution < 1.29 is 19.1 Å². The largest absolute Gasteiger partial charge is 0.427 e. The third-order valence-electron chi connectivity index (χ3n) is 4.66. The molecule has 0 bridgehead atoms. The fourth-order valence-corrected chi connectivity index (χ4v) is 3.13. The topological polar surface area (TPSA) is 52.6 Å². The van der Waals surface area contributed by atoms with E-state index in [-0.39, 0.29) is 5.97 Å². The van der Waals surface area contributed by atoms with Gasteiger partial charge in [0.05, 0.1) is 0 Å². The highest BCUT2D eigenvalue weighted by Gasteiger charge is 2.10. The lowest BCUT2D eigenvalue weighted by Crippen LogP contribution is -2.08. The van der Waals surface area contributed by atoms with Crippen molar-refractivity contribution in [2.75, 3.05) is 0 Å². The molecule has 0 spiro atoms. The Balaban J connectivity index is 1.82. The Bertz CT molecular complexity index is 1080. The first-order valence-corrected chi connectivity index (χ1v) is 9.77. The van der Waals surface area contributed by atoms with Gasteiger partial charge >= 0.3 is 11.9 Å². The normalized spacial score (nSPS) is 10.4. The molecular formula is C26H24O4. The zero-order valence-electron chi connectivity index (χ0n) is 17.4. The molecule has 0 aliphatic rings. The molecule has 0 N–H and O–H groups in total. The molecule has 30 heavy (non-hydrogen) atoms. The summed E-state index contributed by atoms with van der Waals surface area (Å²) in [6, 6.07) is 21.4. The molecule has 4 nitrogen and oxygen atoms in total. The van der Waals surface area contributed by atoms with E-state index in [1.807, 2.05) is 24.3 Å². The van der Waals surface area contributed by atoms with Crippen LogP contribution in [0.3, 0.4) is 0 Å². The quantitative estimate of drug-likeness (QED) is 0.290. The lowest BCUT2D eigenvalue weighted by Gasteiger charge is -2.12. The van der Waals surface area contributed by atoms with Crippen LogP contribution in [0.25, 0.3) is 22.3 Å². The van der Waals surface area contributed by atoms with Crippen molar-refractivity contribution in [3.8, 4) is 33.8 Å². The second-order valence-corrected chi connectivity index (χ2v) is 7.04. The molecule has 0 aliphatic heterocycles. The Hall–Kier alpha value is -3.66. The number of benzene rings is 3. The van der Waals surface area contributed by atoms with E-state index in [0.29, 0.717) is 17.1 Å². The molecule has 0 saturated carbocycles. The van der Waals surface area contributed by atoms with Gasteiger partial charge in [-0.2, -0.15) is 0 Å². The number of carbonyl (C=O) groups excluding carboxylic acids is 2. The SMILES string of the molecule is C=C(C)C(=O)Oc1ccc(-c2ccc(-c3ccc(OC(C)=O)cc3)cc2)c(CC)c1. The third-order valence-corrected chi connectivity index (χ3v) is 4.66. The second-order valence-electron chi connectivity index (χ2n) is 7.04. The van der Waals surface area contributed by atoms with Gasteiger partial charge in [-0.15, -0.1) is 0 Å². The van der Waals surface area contributed by atoms with E-state index >= 15 is 0 Å². The Morgan fingerprint density at radius 1 is 0.767 bits per heavy atom. The highest BCUT2D eigenvalue weighted by Crippen LogP contribution is 2.31. The van der Waals surface area contributed by atoms with Crippen LogP contribution in [0.4, 0.5) is 0 Å². The first-order chi connectivity index (χ1) is 14.4. The molecule has 4 heteroatoms. The Morgan fingerprint density at radius 2 is 1.30 bits per heavy atom. The van der Waals surface area contributed by atoms with Gasteiger partial charge in [0.25, 0.3) is 0 Å². The van der Waals surface area contributed by atoms with Gasteiger partial charge in [-0.1, -0.05) is 56.0 Å². The zero-order valence-corrected chi connectivity index (χ0v) is 17.4. The molecule has 3 rings (SSSR count).